The lowest BCUT2D eigenvalue weighted by Crippen LogP contribution is -2.15. The molecule has 0 heterocycles. The van der Waals surface area contributed by atoms with Crippen molar-refractivity contribution in [1.82, 2.24) is 0 Å². The SMILES string of the molecule is CC=CC[C@@H](OCC=NO)C1CC1. The van der Waals surface area contributed by atoms with E-state index in [9.17, 15) is 0 Å². The molecule has 0 saturated heterocycles. The highest BCUT2D eigenvalue weighted by atomic mass is 16.5. The number of nitrogens with zero attached hydrogens (tertiary/aromatic N) is 1. The third kappa shape index (κ3) is 4.08. The standard InChI is InChI=1S/C10H17NO2/c1-2-3-4-10(9-5-6-9)13-8-7-11-12/h2-3,7,9-10,12H,4-6,8H2,1H3/t10-/m1/s1. The summed E-state index contributed by atoms with van der Waals surface area (Å²) in [5.74, 6) is 0.725. The van der Waals surface area contributed by atoms with Crippen LogP contribution in [0.25, 0.3) is 0 Å². The Morgan fingerprint density at radius 3 is 2.92 bits per heavy atom. The van der Waals surface area contributed by atoms with Crippen molar-refractivity contribution in [3.05, 3.63) is 12.2 Å². The van der Waals surface area contributed by atoms with Crippen LogP contribution in [0.15, 0.2) is 17.3 Å². The van der Waals surface area contributed by atoms with Gasteiger partial charge in [0, 0.05) is 0 Å². The van der Waals surface area contributed by atoms with Crippen molar-refractivity contribution in [2.45, 2.75) is 32.3 Å². The molecule has 13 heavy (non-hydrogen) atoms. The van der Waals surface area contributed by atoms with Crippen LogP contribution >= 0.6 is 0 Å². The minimum atomic E-state index is 0.314. The average molecular weight is 183 g/mol. The van der Waals surface area contributed by atoms with Gasteiger partial charge < -0.3 is 9.94 Å². The van der Waals surface area contributed by atoms with Crippen LogP contribution in [-0.4, -0.2) is 24.1 Å². The summed E-state index contributed by atoms with van der Waals surface area (Å²) in [5.41, 5.74) is 0. The van der Waals surface area contributed by atoms with Crippen molar-refractivity contribution in [2.24, 2.45) is 11.1 Å². The molecule has 1 atom stereocenters. The summed E-state index contributed by atoms with van der Waals surface area (Å²) < 4.78 is 5.55. The average Bonchev–Trinajstić information content (AvgIpc) is 2.94. The molecule has 1 N–H and O–H groups in total. The van der Waals surface area contributed by atoms with Gasteiger partial charge in [-0.2, -0.15) is 0 Å². The van der Waals surface area contributed by atoms with E-state index in [4.69, 9.17) is 9.94 Å². The minimum absolute atomic E-state index is 0.314. The van der Waals surface area contributed by atoms with E-state index in [1.54, 1.807) is 0 Å². The minimum Gasteiger partial charge on any atom is -0.411 e. The molecule has 0 unspecified atom stereocenters. The van der Waals surface area contributed by atoms with Crippen molar-refractivity contribution in [1.29, 1.82) is 0 Å². The fourth-order valence-electron chi connectivity index (χ4n) is 1.33. The van der Waals surface area contributed by atoms with Crippen LogP contribution in [0.1, 0.15) is 26.2 Å². The van der Waals surface area contributed by atoms with E-state index in [0.717, 1.165) is 12.3 Å². The lowest BCUT2D eigenvalue weighted by Gasteiger charge is -2.13. The highest BCUT2D eigenvalue weighted by Gasteiger charge is 2.30. The van der Waals surface area contributed by atoms with Crippen LogP contribution in [-0.2, 0) is 4.74 Å². The first-order valence-electron chi connectivity index (χ1n) is 4.77. The second-order valence-corrected chi connectivity index (χ2v) is 3.31. The molecule has 3 heteroatoms. The molecule has 0 aliphatic heterocycles. The Kier molecular flexibility index (Phi) is 4.54. The molecule has 0 aromatic rings. The van der Waals surface area contributed by atoms with Gasteiger partial charge in [-0.1, -0.05) is 17.3 Å². The Labute approximate surface area is 79.1 Å². The maximum absolute atomic E-state index is 8.18. The van der Waals surface area contributed by atoms with Crippen LogP contribution in [0, 0.1) is 5.92 Å². The van der Waals surface area contributed by atoms with Gasteiger partial charge in [0.15, 0.2) is 0 Å². The Bertz CT molecular complexity index is 185. The van der Waals surface area contributed by atoms with E-state index in [2.05, 4.69) is 11.2 Å². The van der Waals surface area contributed by atoms with Crippen molar-refractivity contribution in [3.8, 4) is 0 Å². The molecule has 74 valence electrons. The quantitative estimate of drug-likeness (QED) is 0.297. The fourth-order valence-corrected chi connectivity index (χ4v) is 1.33. The molecular formula is C10H17NO2. The Morgan fingerprint density at radius 1 is 1.62 bits per heavy atom. The maximum atomic E-state index is 8.18. The Balaban J connectivity index is 2.20. The normalized spacial score (nSPS) is 20.1. The lowest BCUT2D eigenvalue weighted by atomic mass is 10.1. The first-order chi connectivity index (χ1) is 6.38. The molecular weight excluding hydrogens is 166 g/mol. The summed E-state index contributed by atoms with van der Waals surface area (Å²) in [6.45, 7) is 2.42. The van der Waals surface area contributed by atoms with Crippen LogP contribution in [0.2, 0.25) is 0 Å². The highest BCUT2D eigenvalue weighted by molar-refractivity contribution is 5.57. The number of oxime groups is 1. The fraction of sp³-hybridized carbons (Fsp3) is 0.700. The topological polar surface area (TPSA) is 41.8 Å². The molecule has 1 aliphatic carbocycles. The van der Waals surface area contributed by atoms with Crippen LogP contribution in [0.4, 0.5) is 0 Å². The molecule has 1 rings (SSSR count). The van der Waals surface area contributed by atoms with E-state index >= 15 is 0 Å². The van der Waals surface area contributed by atoms with Gasteiger partial charge in [-0.3, -0.25) is 0 Å². The summed E-state index contributed by atoms with van der Waals surface area (Å²) in [5, 5.41) is 11.1. The second-order valence-electron chi connectivity index (χ2n) is 3.31. The van der Waals surface area contributed by atoms with Crippen LogP contribution < -0.4 is 0 Å². The number of ether oxygens (including phenoxy) is 1. The van der Waals surface area contributed by atoms with Crippen molar-refractivity contribution >= 4 is 6.21 Å². The molecule has 1 fully saturated rings. The monoisotopic (exact) mass is 183 g/mol. The van der Waals surface area contributed by atoms with Crippen LogP contribution in [0.3, 0.4) is 0 Å². The molecule has 1 aliphatic rings. The highest BCUT2D eigenvalue weighted by Crippen LogP contribution is 2.35. The van der Waals surface area contributed by atoms with E-state index in [1.807, 2.05) is 13.0 Å². The van der Waals surface area contributed by atoms with Crippen LogP contribution in [0.5, 0.6) is 0 Å². The molecule has 1 saturated carbocycles. The largest absolute Gasteiger partial charge is 0.411 e. The molecule has 0 bridgehead atoms. The predicted octanol–water partition coefficient (Wildman–Crippen LogP) is 2.21. The second kappa shape index (κ2) is 5.75. The zero-order chi connectivity index (χ0) is 9.52. The van der Waals surface area contributed by atoms with Crippen molar-refractivity contribution in [3.63, 3.8) is 0 Å². The first-order valence-corrected chi connectivity index (χ1v) is 4.77. The van der Waals surface area contributed by atoms with E-state index in [1.165, 1.54) is 19.1 Å². The number of hydrogen-bond donors (Lipinski definition) is 1. The zero-order valence-corrected chi connectivity index (χ0v) is 8.02. The Hall–Kier alpha value is -0.830. The molecule has 0 radical (unpaired) electrons. The third-order valence-corrected chi connectivity index (χ3v) is 2.22. The third-order valence-electron chi connectivity index (χ3n) is 2.22. The predicted molar refractivity (Wildman–Crippen MR) is 52.2 cm³/mol. The van der Waals surface area contributed by atoms with Crippen molar-refractivity contribution in [2.75, 3.05) is 6.61 Å². The van der Waals surface area contributed by atoms with Gasteiger partial charge in [0.25, 0.3) is 0 Å². The van der Waals surface area contributed by atoms with Crippen molar-refractivity contribution < 1.29 is 9.94 Å². The van der Waals surface area contributed by atoms with Gasteiger partial charge >= 0.3 is 0 Å². The summed E-state index contributed by atoms with van der Waals surface area (Å²) in [6.07, 6.45) is 9.38. The van der Waals surface area contributed by atoms with Gasteiger partial charge in [0.05, 0.1) is 18.9 Å². The lowest BCUT2D eigenvalue weighted by molar-refractivity contribution is 0.0678. The molecule has 0 aromatic heterocycles. The van der Waals surface area contributed by atoms with Gasteiger partial charge in [0.1, 0.15) is 0 Å². The maximum Gasteiger partial charge on any atom is 0.0855 e. The van der Waals surface area contributed by atoms with Gasteiger partial charge in [-0.25, -0.2) is 0 Å². The number of hydrogen-bond acceptors (Lipinski definition) is 3. The van der Waals surface area contributed by atoms with E-state index < -0.39 is 0 Å². The molecule has 3 nitrogen and oxygen atoms in total. The summed E-state index contributed by atoms with van der Waals surface area (Å²) in [6, 6.07) is 0. The number of rotatable bonds is 6. The Morgan fingerprint density at radius 2 is 2.38 bits per heavy atom. The molecule has 0 spiro atoms. The summed E-state index contributed by atoms with van der Waals surface area (Å²) in [4.78, 5) is 0. The van der Waals surface area contributed by atoms with Gasteiger partial charge in [-0.05, 0) is 32.1 Å². The molecule has 0 aromatic carbocycles. The smallest absolute Gasteiger partial charge is 0.0855 e. The van der Waals surface area contributed by atoms with Gasteiger partial charge in [0.2, 0.25) is 0 Å². The zero-order valence-electron chi connectivity index (χ0n) is 8.02. The van der Waals surface area contributed by atoms with E-state index in [0.29, 0.717) is 12.7 Å². The first kappa shape index (κ1) is 10.3. The summed E-state index contributed by atoms with van der Waals surface area (Å²) in [7, 11) is 0. The molecule has 0 amide bonds. The number of allylic oxidation sites excluding steroid dienone is 1. The van der Waals surface area contributed by atoms with E-state index in [-0.39, 0.29) is 0 Å². The summed E-state index contributed by atoms with van der Waals surface area (Å²) >= 11 is 0. The van der Waals surface area contributed by atoms with Gasteiger partial charge in [-0.15, -0.1) is 0 Å².